The number of hydrogen-bond donors (Lipinski definition) is 2. The Kier molecular flexibility index (Phi) is 5.01. The first-order valence-electron chi connectivity index (χ1n) is 7.86. The molecule has 0 unspecified atom stereocenters. The molecule has 1 heterocycles. The first kappa shape index (κ1) is 15.1. The molecule has 116 valence electrons. The first-order valence-corrected chi connectivity index (χ1v) is 8.24. The van der Waals surface area contributed by atoms with E-state index in [0.717, 1.165) is 44.3 Å². The summed E-state index contributed by atoms with van der Waals surface area (Å²) in [4.78, 5) is 4.75. The van der Waals surface area contributed by atoms with Gasteiger partial charge in [0.1, 0.15) is 0 Å². The molecule has 0 amide bonds. The molecule has 21 heavy (non-hydrogen) atoms. The van der Waals surface area contributed by atoms with E-state index in [0.29, 0.717) is 6.04 Å². The van der Waals surface area contributed by atoms with Crippen molar-refractivity contribution in [2.75, 3.05) is 44.2 Å². The Hall–Kier alpha value is -0.810. The van der Waals surface area contributed by atoms with Crippen LogP contribution in [0.2, 0.25) is 5.02 Å². The lowest BCUT2D eigenvalue weighted by Gasteiger charge is -2.36. The summed E-state index contributed by atoms with van der Waals surface area (Å²) in [5, 5.41) is 13.4. The lowest BCUT2D eigenvalue weighted by atomic mass is 10.1. The normalized spacial score (nSPS) is 20.0. The Morgan fingerprint density at radius 2 is 1.95 bits per heavy atom. The summed E-state index contributed by atoms with van der Waals surface area (Å²) in [5.74, 6) is 0. The molecule has 1 aliphatic carbocycles. The Balaban J connectivity index is 1.66. The van der Waals surface area contributed by atoms with E-state index in [1.807, 2.05) is 6.07 Å². The summed E-state index contributed by atoms with van der Waals surface area (Å²) in [5.41, 5.74) is 2.60. The highest BCUT2D eigenvalue weighted by Crippen LogP contribution is 2.27. The van der Waals surface area contributed by atoms with Gasteiger partial charge in [-0.2, -0.15) is 0 Å². The maximum absolute atomic E-state index is 9.03. The smallest absolute Gasteiger partial charge is 0.0558 e. The van der Waals surface area contributed by atoms with Gasteiger partial charge < -0.3 is 15.3 Å². The van der Waals surface area contributed by atoms with Crippen molar-refractivity contribution in [3.8, 4) is 0 Å². The molecule has 2 N–H and O–H groups in total. The lowest BCUT2D eigenvalue weighted by Crippen LogP contribution is -2.47. The van der Waals surface area contributed by atoms with Crippen LogP contribution in [-0.2, 0) is 6.54 Å². The van der Waals surface area contributed by atoms with Crippen molar-refractivity contribution in [3.05, 3.63) is 28.8 Å². The molecule has 1 saturated heterocycles. The zero-order chi connectivity index (χ0) is 14.7. The van der Waals surface area contributed by atoms with Gasteiger partial charge in [0.25, 0.3) is 0 Å². The minimum atomic E-state index is 0.248. The second-order valence-corrected chi connectivity index (χ2v) is 6.42. The number of aliphatic hydroxyl groups excluding tert-OH is 1. The fraction of sp³-hybridized carbons (Fsp3) is 0.625. The molecule has 0 aromatic heterocycles. The molecule has 0 bridgehead atoms. The average molecular weight is 310 g/mol. The van der Waals surface area contributed by atoms with Crippen molar-refractivity contribution in [1.82, 2.24) is 10.2 Å². The first-order chi connectivity index (χ1) is 10.3. The lowest BCUT2D eigenvalue weighted by molar-refractivity contribution is 0.188. The Morgan fingerprint density at radius 3 is 2.62 bits per heavy atom. The second kappa shape index (κ2) is 6.97. The van der Waals surface area contributed by atoms with E-state index in [-0.39, 0.29) is 6.61 Å². The van der Waals surface area contributed by atoms with Gasteiger partial charge >= 0.3 is 0 Å². The van der Waals surface area contributed by atoms with E-state index in [4.69, 9.17) is 16.7 Å². The topological polar surface area (TPSA) is 38.7 Å². The van der Waals surface area contributed by atoms with Crippen LogP contribution in [-0.4, -0.2) is 55.4 Å². The van der Waals surface area contributed by atoms with Crippen LogP contribution in [0.1, 0.15) is 18.4 Å². The summed E-state index contributed by atoms with van der Waals surface area (Å²) in [7, 11) is 0. The third-order valence-corrected chi connectivity index (χ3v) is 4.56. The van der Waals surface area contributed by atoms with Gasteiger partial charge in [0.2, 0.25) is 0 Å². The summed E-state index contributed by atoms with van der Waals surface area (Å²) in [6, 6.07) is 6.93. The predicted octanol–water partition coefficient (Wildman–Crippen LogP) is 1.71. The number of nitrogens with one attached hydrogen (secondary N) is 1. The van der Waals surface area contributed by atoms with Gasteiger partial charge in [-0.25, -0.2) is 0 Å². The van der Waals surface area contributed by atoms with Crippen molar-refractivity contribution >= 4 is 17.3 Å². The standard InChI is InChI=1S/C16H24ClN3O/c17-14-1-4-16(13(11-14)12-18-15-2-3-15)20-7-5-19(6-8-20)9-10-21/h1,4,11,15,18,21H,2-3,5-10,12H2. The maximum atomic E-state index is 9.03. The van der Waals surface area contributed by atoms with Crippen LogP contribution in [0.15, 0.2) is 18.2 Å². The molecule has 2 fully saturated rings. The molecule has 0 spiro atoms. The highest BCUT2D eigenvalue weighted by Gasteiger charge is 2.22. The number of aliphatic hydroxyl groups is 1. The monoisotopic (exact) mass is 309 g/mol. The molecule has 3 rings (SSSR count). The highest BCUT2D eigenvalue weighted by atomic mass is 35.5. The average Bonchev–Trinajstić information content (AvgIpc) is 3.31. The molecule has 5 heteroatoms. The predicted molar refractivity (Wildman–Crippen MR) is 87.1 cm³/mol. The third kappa shape index (κ3) is 4.10. The summed E-state index contributed by atoms with van der Waals surface area (Å²) in [6.07, 6.45) is 2.60. The number of halogens is 1. The van der Waals surface area contributed by atoms with Crippen molar-refractivity contribution in [3.63, 3.8) is 0 Å². The summed E-state index contributed by atoms with van der Waals surface area (Å²) in [6.45, 7) is 5.98. The van der Waals surface area contributed by atoms with E-state index in [1.54, 1.807) is 0 Å². The summed E-state index contributed by atoms with van der Waals surface area (Å²) >= 11 is 6.17. The fourth-order valence-corrected chi connectivity index (χ4v) is 3.09. The number of hydrogen-bond acceptors (Lipinski definition) is 4. The Morgan fingerprint density at radius 1 is 1.19 bits per heavy atom. The second-order valence-electron chi connectivity index (χ2n) is 5.98. The molecule has 1 aromatic rings. The van der Waals surface area contributed by atoms with Crippen LogP contribution < -0.4 is 10.2 Å². The van der Waals surface area contributed by atoms with Gasteiger partial charge in [0.15, 0.2) is 0 Å². The highest BCUT2D eigenvalue weighted by molar-refractivity contribution is 6.30. The van der Waals surface area contributed by atoms with E-state index in [9.17, 15) is 0 Å². The zero-order valence-electron chi connectivity index (χ0n) is 12.4. The molecule has 1 saturated carbocycles. The molecule has 1 aromatic carbocycles. The fourth-order valence-electron chi connectivity index (χ4n) is 2.90. The molecular formula is C16H24ClN3O. The van der Waals surface area contributed by atoms with E-state index in [1.165, 1.54) is 24.1 Å². The third-order valence-electron chi connectivity index (χ3n) is 4.33. The molecular weight excluding hydrogens is 286 g/mol. The van der Waals surface area contributed by atoms with Crippen LogP contribution >= 0.6 is 11.6 Å². The number of nitrogens with zero attached hydrogens (tertiary/aromatic N) is 2. The largest absolute Gasteiger partial charge is 0.395 e. The van der Waals surface area contributed by atoms with E-state index in [2.05, 4.69) is 27.2 Å². The van der Waals surface area contributed by atoms with Crippen LogP contribution in [0.4, 0.5) is 5.69 Å². The number of piperazine rings is 1. The van der Waals surface area contributed by atoms with Gasteiger partial charge in [0, 0.05) is 56.0 Å². The summed E-state index contributed by atoms with van der Waals surface area (Å²) < 4.78 is 0. The van der Waals surface area contributed by atoms with Crippen molar-refractivity contribution < 1.29 is 5.11 Å². The van der Waals surface area contributed by atoms with Gasteiger partial charge in [-0.05, 0) is 36.6 Å². The minimum Gasteiger partial charge on any atom is -0.395 e. The number of benzene rings is 1. The maximum Gasteiger partial charge on any atom is 0.0558 e. The van der Waals surface area contributed by atoms with E-state index >= 15 is 0 Å². The minimum absolute atomic E-state index is 0.248. The molecule has 1 aliphatic heterocycles. The van der Waals surface area contributed by atoms with Crippen LogP contribution in [0, 0.1) is 0 Å². The number of β-amino-alcohol motifs (C(OH)–C–C–N with tert-alkyl or cyclic N) is 1. The van der Waals surface area contributed by atoms with Crippen LogP contribution in [0.3, 0.4) is 0 Å². The van der Waals surface area contributed by atoms with Crippen LogP contribution in [0.5, 0.6) is 0 Å². The molecule has 0 atom stereocenters. The molecule has 0 radical (unpaired) electrons. The van der Waals surface area contributed by atoms with Crippen molar-refractivity contribution in [2.24, 2.45) is 0 Å². The van der Waals surface area contributed by atoms with Crippen LogP contribution in [0.25, 0.3) is 0 Å². The van der Waals surface area contributed by atoms with Gasteiger partial charge in [-0.3, -0.25) is 4.90 Å². The SMILES string of the molecule is OCCN1CCN(c2ccc(Cl)cc2CNC2CC2)CC1. The Bertz CT molecular complexity index is 471. The quantitative estimate of drug-likeness (QED) is 0.839. The van der Waals surface area contributed by atoms with Gasteiger partial charge in [-0.1, -0.05) is 11.6 Å². The molecule has 2 aliphatic rings. The number of anilines is 1. The van der Waals surface area contributed by atoms with Gasteiger partial charge in [0.05, 0.1) is 6.61 Å². The number of rotatable bonds is 6. The van der Waals surface area contributed by atoms with E-state index < -0.39 is 0 Å². The zero-order valence-corrected chi connectivity index (χ0v) is 13.1. The van der Waals surface area contributed by atoms with Gasteiger partial charge in [-0.15, -0.1) is 0 Å². The van der Waals surface area contributed by atoms with Crippen molar-refractivity contribution in [1.29, 1.82) is 0 Å². The van der Waals surface area contributed by atoms with Crippen molar-refractivity contribution in [2.45, 2.75) is 25.4 Å². The Labute approximate surface area is 131 Å². The molecule has 4 nitrogen and oxygen atoms in total.